The van der Waals surface area contributed by atoms with Crippen molar-refractivity contribution < 1.29 is 24.0 Å². The van der Waals surface area contributed by atoms with Crippen molar-refractivity contribution in [2.45, 2.75) is 87.6 Å². The van der Waals surface area contributed by atoms with Gasteiger partial charge < -0.3 is 20.0 Å². The molecule has 3 saturated heterocycles. The third kappa shape index (κ3) is 10.6. The summed E-state index contributed by atoms with van der Waals surface area (Å²) in [5, 5.41) is 5.34. The van der Waals surface area contributed by atoms with Gasteiger partial charge in [0.05, 0.1) is 0 Å². The van der Waals surface area contributed by atoms with Crippen molar-refractivity contribution in [1.82, 2.24) is 30.3 Å². The monoisotopic (exact) mass is 790 g/mol. The predicted molar refractivity (Wildman–Crippen MR) is 221 cm³/mol. The number of benzene rings is 2. The molecule has 0 spiro atoms. The fourth-order valence-electron chi connectivity index (χ4n) is 8.63. The standard InChI is InChI=1S/C45H54N6O5S/c52-41(16-10-33-7-4-22-46-30-33)47-23-2-1-6-32-18-27-50(28-19-32)44(55)36-13-11-34(12-14-36)35-20-25-49(26-21-35)24-5-29-57-40-9-3-8-37-38(40)31-51(45(37)56)39-15-17-42(53)48-43(39)54/h3-4,7-14,16,22,30,32,35,39H,1-2,5-6,15,17-21,23-29,31H2,(H,47,52)(H,48,53,54)/b16-10+. The first-order chi connectivity index (χ1) is 27.8. The molecule has 0 radical (unpaired) electrons. The SMILES string of the molecule is O=C(/C=C/c1cccnc1)NCCCCC1CCN(C(=O)c2ccc(C3CCN(CCCSc4cccc5c4CN(C4CCC(=O)NC4=O)C5=O)CC3)cc2)CC1. The fourth-order valence-corrected chi connectivity index (χ4v) is 9.65. The third-order valence-corrected chi connectivity index (χ3v) is 13.2. The molecular weight excluding hydrogens is 737 g/mol. The lowest BCUT2D eigenvalue weighted by Gasteiger charge is -2.33. The highest BCUT2D eigenvalue weighted by atomic mass is 32.2. The largest absolute Gasteiger partial charge is 0.353 e. The molecule has 1 atom stereocenters. The van der Waals surface area contributed by atoms with E-state index < -0.39 is 6.04 Å². The average molecular weight is 791 g/mol. The Kier molecular flexibility index (Phi) is 13.9. The van der Waals surface area contributed by atoms with Gasteiger partial charge in [-0.3, -0.25) is 34.3 Å². The highest BCUT2D eigenvalue weighted by Gasteiger charge is 2.40. The van der Waals surface area contributed by atoms with E-state index in [0.717, 1.165) is 111 Å². The van der Waals surface area contributed by atoms with Crippen molar-refractivity contribution in [3.05, 3.63) is 101 Å². The zero-order valence-corrected chi connectivity index (χ0v) is 33.5. The molecule has 4 aliphatic rings. The van der Waals surface area contributed by atoms with Crippen molar-refractivity contribution in [2.75, 3.05) is 45.0 Å². The second-order valence-electron chi connectivity index (χ2n) is 15.8. The number of carbonyl (C=O) groups excluding carboxylic acids is 5. The Morgan fingerprint density at radius 3 is 2.46 bits per heavy atom. The second kappa shape index (κ2) is 19.6. The maximum absolute atomic E-state index is 13.4. The van der Waals surface area contributed by atoms with E-state index in [0.29, 0.717) is 36.9 Å². The Morgan fingerprint density at radius 2 is 1.70 bits per heavy atom. The maximum Gasteiger partial charge on any atom is 0.255 e. The Hall–Kier alpha value is -4.81. The number of rotatable bonds is 15. The number of nitrogens with zero attached hydrogens (tertiary/aromatic N) is 4. The van der Waals surface area contributed by atoms with Gasteiger partial charge in [-0.25, -0.2) is 0 Å². The number of imide groups is 1. The number of nitrogens with one attached hydrogen (secondary N) is 2. The first-order valence-electron chi connectivity index (χ1n) is 20.7. The van der Waals surface area contributed by atoms with Crippen molar-refractivity contribution in [2.24, 2.45) is 5.92 Å². The number of likely N-dealkylation sites (tertiary alicyclic amines) is 2. The molecular formula is C45H54N6O5S. The van der Waals surface area contributed by atoms with Crippen LogP contribution in [0.4, 0.5) is 0 Å². The van der Waals surface area contributed by atoms with Gasteiger partial charge in [-0.15, -0.1) is 11.8 Å². The number of amides is 5. The summed E-state index contributed by atoms with van der Waals surface area (Å²) in [6.07, 6.45) is 15.9. The minimum atomic E-state index is -0.596. The lowest BCUT2D eigenvalue weighted by atomic mass is 9.88. The molecule has 1 unspecified atom stereocenters. The number of hydrogen-bond donors (Lipinski definition) is 2. The van der Waals surface area contributed by atoms with E-state index in [1.807, 2.05) is 41.3 Å². The minimum Gasteiger partial charge on any atom is -0.353 e. The summed E-state index contributed by atoms with van der Waals surface area (Å²) in [7, 11) is 0. The van der Waals surface area contributed by atoms with Crippen molar-refractivity contribution in [3.8, 4) is 0 Å². The molecule has 2 N–H and O–H groups in total. The molecule has 2 aromatic carbocycles. The number of unbranched alkanes of at least 4 members (excludes halogenated alkanes) is 1. The van der Waals surface area contributed by atoms with Gasteiger partial charge in [0.1, 0.15) is 6.04 Å². The number of piperidine rings is 3. The maximum atomic E-state index is 13.4. The lowest BCUT2D eigenvalue weighted by Crippen LogP contribution is -2.52. The highest BCUT2D eigenvalue weighted by molar-refractivity contribution is 7.99. The normalized spacial score (nSPS) is 19.6. The van der Waals surface area contributed by atoms with Crippen molar-refractivity contribution in [1.29, 1.82) is 0 Å². The van der Waals surface area contributed by atoms with E-state index in [4.69, 9.17) is 0 Å². The Labute approximate surface area is 340 Å². The average Bonchev–Trinajstić information content (AvgIpc) is 3.58. The van der Waals surface area contributed by atoms with E-state index in [-0.39, 0.29) is 36.0 Å². The highest BCUT2D eigenvalue weighted by Crippen LogP contribution is 2.35. The van der Waals surface area contributed by atoms with Crippen LogP contribution in [-0.4, -0.2) is 100 Å². The van der Waals surface area contributed by atoms with Gasteiger partial charge in [-0.1, -0.05) is 37.1 Å². The predicted octanol–water partition coefficient (Wildman–Crippen LogP) is 6.06. The zero-order valence-electron chi connectivity index (χ0n) is 32.7. The van der Waals surface area contributed by atoms with Gasteiger partial charge in [0.2, 0.25) is 17.7 Å². The number of fused-ring (bicyclic) bond motifs is 1. The zero-order chi connectivity index (χ0) is 39.6. The van der Waals surface area contributed by atoms with Gasteiger partial charge in [-0.2, -0.15) is 0 Å². The van der Waals surface area contributed by atoms with Gasteiger partial charge in [0, 0.05) is 67.1 Å². The van der Waals surface area contributed by atoms with Crippen LogP contribution in [0.3, 0.4) is 0 Å². The molecule has 0 saturated carbocycles. The van der Waals surface area contributed by atoms with Crippen LogP contribution in [0, 0.1) is 5.92 Å². The van der Waals surface area contributed by atoms with E-state index in [1.165, 1.54) is 5.56 Å². The second-order valence-corrected chi connectivity index (χ2v) is 16.9. The number of carbonyl (C=O) groups is 5. The van der Waals surface area contributed by atoms with Crippen LogP contribution < -0.4 is 10.6 Å². The molecule has 3 aromatic rings. The molecule has 0 aliphatic carbocycles. The molecule has 3 fully saturated rings. The Bertz CT molecular complexity index is 1920. The molecule has 11 nitrogen and oxygen atoms in total. The number of thioether (sulfide) groups is 1. The van der Waals surface area contributed by atoms with Crippen LogP contribution in [0.2, 0.25) is 0 Å². The third-order valence-electron chi connectivity index (χ3n) is 12.0. The summed E-state index contributed by atoms with van der Waals surface area (Å²) in [5.74, 6) is 1.34. The number of pyridine rings is 1. The van der Waals surface area contributed by atoms with Gasteiger partial charge in [-0.05, 0) is 135 Å². The summed E-state index contributed by atoms with van der Waals surface area (Å²) in [6, 6.07) is 17.4. The first kappa shape index (κ1) is 40.4. The topological polar surface area (TPSA) is 132 Å². The van der Waals surface area contributed by atoms with Crippen LogP contribution in [0.5, 0.6) is 0 Å². The molecule has 300 valence electrons. The fraction of sp³-hybridized carbons (Fsp3) is 0.467. The van der Waals surface area contributed by atoms with Crippen molar-refractivity contribution in [3.63, 3.8) is 0 Å². The number of hydrogen-bond acceptors (Lipinski definition) is 8. The van der Waals surface area contributed by atoms with Crippen LogP contribution in [0.15, 0.2) is 78.0 Å². The summed E-state index contributed by atoms with van der Waals surface area (Å²) < 4.78 is 0. The summed E-state index contributed by atoms with van der Waals surface area (Å²) in [4.78, 5) is 74.0. The molecule has 0 bridgehead atoms. The Morgan fingerprint density at radius 1 is 0.895 bits per heavy atom. The van der Waals surface area contributed by atoms with Gasteiger partial charge >= 0.3 is 0 Å². The van der Waals surface area contributed by atoms with Crippen LogP contribution in [0.25, 0.3) is 6.08 Å². The molecule has 1 aromatic heterocycles. The van der Waals surface area contributed by atoms with Crippen LogP contribution >= 0.6 is 11.8 Å². The molecule has 12 heteroatoms. The van der Waals surface area contributed by atoms with E-state index in [1.54, 1.807) is 41.2 Å². The quantitative estimate of drug-likeness (QED) is 0.0823. The minimum absolute atomic E-state index is 0.0829. The van der Waals surface area contributed by atoms with E-state index >= 15 is 0 Å². The Balaban J connectivity index is 0.763. The first-order valence-corrected chi connectivity index (χ1v) is 21.7. The lowest BCUT2D eigenvalue weighted by molar-refractivity contribution is -0.137. The van der Waals surface area contributed by atoms with Gasteiger partial charge in [0.25, 0.3) is 11.8 Å². The number of aromatic nitrogens is 1. The smallest absolute Gasteiger partial charge is 0.255 e. The van der Waals surface area contributed by atoms with Crippen LogP contribution in [-0.2, 0) is 20.9 Å². The van der Waals surface area contributed by atoms with Crippen molar-refractivity contribution >= 4 is 47.4 Å². The molecule has 5 amide bonds. The van der Waals surface area contributed by atoms with Gasteiger partial charge in [0.15, 0.2) is 0 Å². The summed E-state index contributed by atoms with van der Waals surface area (Å²) >= 11 is 1.78. The molecule has 4 aliphatic heterocycles. The molecule has 7 rings (SSSR count). The van der Waals surface area contributed by atoms with Crippen LogP contribution in [0.1, 0.15) is 108 Å². The molecule has 57 heavy (non-hydrogen) atoms. The summed E-state index contributed by atoms with van der Waals surface area (Å²) in [6.45, 7) is 5.82. The molecule has 5 heterocycles. The summed E-state index contributed by atoms with van der Waals surface area (Å²) in [5.41, 5.74) is 4.65. The van der Waals surface area contributed by atoms with E-state index in [2.05, 4.69) is 38.7 Å². The van der Waals surface area contributed by atoms with E-state index in [9.17, 15) is 24.0 Å².